The van der Waals surface area contributed by atoms with Crippen LogP contribution < -0.4 is 59.0 Å². The second-order valence-corrected chi connectivity index (χ2v) is 39.6. The molecule has 31 heteroatoms. The number of pyridine rings is 2. The van der Waals surface area contributed by atoms with Gasteiger partial charge in [0, 0.05) is 136 Å². The number of halogens is 5. The fourth-order valence-electron chi connectivity index (χ4n) is 19.1. The highest BCUT2D eigenvalue weighted by atomic mass is 35.5. The van der Waals surface area contributed by atoms with E-state index < -0.39 is 0 Å². The first kappa shape index (κ1) is 87.0. The van der Waals surface area contributed by atoms with Crippen LogP contribution in [0.1, 0.15) is 143 Å². The number of aromatic nitrogens is 8. The molecule has 16 rings (SSSR count). The van der Waals surface area contributed by atoms with Crippen molar-refractivity contribution in [2.75, 3.05) is 74.2 Å². The number of anilines is 3. The smallest absolute Gasteiger partial charge is 0.268 e. The molecule has 4 saturated heterocycles. The van der Waals surface area contributed by atoms with Crippen LogP contribution in [0.3, 0.4) is 0 Å². The van der Waals surface area contributed by atoms with Crippen LogP contribution in [-0.2, 0) is 25.9 Å². The number of nitrogens with zero attached hydrogens (tertiary/aromatic N) is 13. The topological polar surface area (TPSA) is 286 Å². The van der Waals surface area contributed by atoms with Crippen LogP contribution in [0.25, 0.3) is 0 Å². The van der Waals surface area contributed by atoms with Gasteiger partial charge in [0.2, 0.25) is 23.7 Å². The molecule has 8 N–H and O–H groups in total. The molecule has 0 unspecified atom stereocenters. The summed E-state index contributed by atoms with van der Waals surface area (Å²) in [4.78, 5) is 92.9. The fraction of sp³-hybridized carbons (Fsp3) is 0.548. The predicted molar refractivity (Wildman–Crippen MR) is 470 cm³/mol. The second-order valence-electron chi connectivity index (χ2n) is 33.3. The maximum atomic E-state index is 13.0. The van der Waals surface area contributed by atoms with Gasteiger partial charge in [-0.25, -0.2) is 24.9 Å². The summed E-state index contributed by atoms with van der Waals surface area (Å²) in [6.07, 6.45) is 28.7. The molecule has 115 heavy (non-hydrogen) atoms. The summed E-state index contributed by atoms with van der Waals surface area (Å²) < 4.78 is 10.1. The standard InChI is InChI=1S/C21H26Cl2N4OS.C21H25Cl2N3OS.C21H28ClN5O2S.C21H29N5OS/c1-13-6-7-21(18(13)24)8-10-27(11-9-21)20-25-12-16(19(28)26(20)2)29-15-5-3-4-14(22)17(15)23;1-13-5-6-21(20(13)24)7-9-26(10-8-21)18-11-15(27)17(12-25-18)28-16-4-2-3-14(22)19(16)23;1-13-4-6-21(17(13)23)7-10-27(11-8-21)20-25-12-15(19(28)26(20)2)30-14-5-9-24-18(29-3)16(14)22;1-14-6-7-21(18(14)22)8-11-26(12-9-21)20-24-13-17(19(27)25(20)3)28-16-5-4-10-23-15(16)2/h3-5,12-13,18H,6-11,24H2,1-2H3;2-4,12-13,20H,5-11,24H2,1H3;5,9,12-13,17H,4,6-8,10-11,23H2,1-3H3;4-5,10,13-14,18H,6-9,11-12,22H2,1-3H3/t13-,18-;13-,20-;13-,17-;14-,18-/m1111/s1. The summed E-state index contributed by atoms with van der Waals surface area (Å²) in [7, 11) is 6.89. The molecule has 5 aromatic heterocycles. The van der Waals surface area contributed by atoms with Crippen molar-refractivity contribution in [3.8, 4) is 5.88 Å². The van der Waals surface area contributed by atoms with Gasteiger partial charge in [-0.05, 0) is 197 Å². The van der Waals surface area contributed by atoms with E-state index in [2.05, 4.69) is 77.2 Å². The van der Waals surface area contributed by atoms with Gasteiger partial charge in [0.15, 0.2) is 5.78 Å². The molecule has 7 aromatic rings. The first-order valence-corrected chi connectivity index (χ1v) is 45.3. The van der Waals surface area contributed by atoms with Gasteiger partial charge in [-0.1, -0.05) is 145 Å². The summed E-state index contributed by atoms with van der Waals surface area (Å²) in [5.41, 5.74) is 27.9. The SMILES string of the molecule is COc1nccc(Sc2cnc(N3CCC4(CC[C@@H](C)[C@H]4N)CC3)n(C)c2=O)c1Cl.C[C@@H]1CCC2(CCN(C3=NC=C(Sc4cccc(Cl)c4Cl)C(=O)C3)CC2)[C@@H]1N.C[C@@H]1CCC2(CCN(c3ncc(Sc4cccc(Cl)c4Cl)c(=O)n3C)CC2)[C@@H]1N.Cc1ncccc1Sc1cnc(N2CCC3(CC[C@@H](C)[C@H]3N)CC2)n(C)c1=O. The first-order chi connectivity index (χ1) is 55.0. The summed E-state index contributed by atoms with van der Waals surface area (Å²) in [6, 6.07) is 17.6. The van der Waals surface area contributed by atoms with Gasteiger partial charge in [0.05, 0.1) is 77.5 Å². The van der Waals surface area contributed by atoms with E-state index in [1.165, 1.54) is 106 Å². The number of Topliss-reactive ketones (excluding diaryl/α,β-unsaturated/α-hetero) is 1. The van der Waals surface area contributed by atoms with Gasteiger partial charge in [-0.15, -0.1) is 0 Å². The van der Waals surface area contributed by atoms with Crippen LogP contribution >= 0.6 is 105 Å². The zero-order valence-electron chi connectivity index (χ0n) is 67.1. The number of methoxy groups -OCH3 is 1. The lowest BCUT2D eigenvalue weighted by Crippen LogP contribution is -2.50. The van der Waals surface area contributed by atoms with E-state index in [-0.39, 0.29) is 56.2 Å². The Bertz CT molecular complexity index is 4940. The Labute approximate surface area is 717 Å². The molecule has 618 valence electrons. The molecule has 0 amide bonds. The number of benzene rings is 2. The number of carbonyl (C=O) groups is 1. The third-order valence-electron chi connectivity index (χ3n) is 26.9. The number of hydrogen-bond donors (Lipinski definition) is 4. The number of likely N-dealkylation sites (tertiary alicyclic amines) is 1. The van der Waals surface area contributed by atoms with E-state index in [4.69, 9.17) is 85.7 Å². The zero-order valence-corrected chi connectivity index (χ0v) is 74.2. The summed E-state index contributed by atoms with van der Waals surface area (Å²) in [6.45, 7) is 18.2. The Balaban J connectivity index is 0.000000134. The Kier molecular flexibility index (Phi) is 28.0. The van der Waals surface area contributed by atoms with E-state index in [9.17, 15) is 19.2 Å². The molecular weight excluding hydrogens is 1630 g/mol. The minimum atomic E-state index is -0.0941. The highest BCUT2D eigenvalue weighted by Gasteiger charge is 2.51. The number of amidine groups is 1. The molecule has 22 nitrogen and oxygen atoms in total. The van der Waals surface area contributed by atoms with Crippen molar-refractivity contribution in [2.45, 2.75) is 202 Å². The first-order valence-electron chi connectivity index (χ1n) is 40.2. The number of nitrogens with two attached hydrogens (primary N) is 4. The summed E-state index contributed by atoms with van der Waals surface area (Å²) in [5.74, 6) is 5.88. The number of allylic oxidation sites excluding steroid dienone is 1. The van der Waals surface area contributed by atoms with Gasteiger partial charge < -0.3 is 47.3 Å². The number of rotatable bonds is 12. The molecule has 5 aliphatic heterocycles. The van der Waals surface area contributed by atoms with Crippen molar-refractivity contribution in [1.82, 2.24) is 43.5 Å². The highest BCUT2D eigenvalue weighted by Crippen LogP contribution is 2.53. The van der Waals surface area contributed by atoms with E-state index in [1.54, 1.807) is 83.2 Å². The summed E-state index contributed by atoms with van der Waals surface area (Å²) in [5, 5.41) is 2.27. The Hall–Kier alpha value is -5.85. The number of aryl methyl sites for hydroxylation is 1. The molecule has 9 aliphatic rings. The number of piperidine rings is 4. The van der Waals surface area contributed by atoms with Crippen LogP contribution in [-0.4, -0.2) is 139 Å². The van der Waals surface area contributed by atoms with Crippen LogP contribution in [0.2, 0.25) is 25.1 Å². The quantitative estimate of drug-likeness (QED) is 0.0884. The van der Waals surface area contributed by atoms with Gasteiger partial charge in [-0.2, -0.15) is 0 Å². The number of thioether (sulfide) groups is 1. The number of aliphatic imine (C=N–C) groups is 1. The Morgan fingerprint density at radius 3 is 1.11 bits per heavy atom. The van der Waals surface area contributed by atoms with Crippen molar-refractivity contribution in [1.29, 1.82) is 0 Å². The fourth-order valence-corrected chi connectivity index (χ4v) is 23.9. The Morgan fingerprint density at radius 2 is 0.765 bits per heavy atom. The van der Waals surface area contributed by atoms with Gasteiger partial charge in [0.1, 0.15) is 10.9 Å². The average Bonchev–Trinajstić information content (AvgIpc) is 1.69. The van der Waals surface area contributed by atoms with E-state index >= 15 is 0 Å². The summed E-state index contributed by atoms with van der Waals surface area (Å²) >= 11 is 36.3. The average molecular weight is 1740 g/mol. The van der Waals surface area contributed by atoms with Crippen molar-refractivity contribution >= 4 is 135 Å². The maximum Gasteiger partial charge on any atom is 0.268 e. The molecule has 2 aromatic carbocycles. The minimum absolute atomic E-state index is 0.00951. The molecule has 8 fully saturated rings. The van der Waals surface area contributed by atoms with Crippen LogP contribution in [0.4, 0.5) is 17.8 Å². The third kappa shape index (κ3) is 18.4. The van der Waals surface area contributed by atoms with Gasteiger partial charge >= 0.3 is 0 Å². The van der Waals surface area contributed by atoms with Crippen molar-refractivity contribution in [2.24, 2.45) is 94.4 Å². The molecule has 4 aliphatic carbocycles. The number of carbonyl (C=O) groups excluding carboxylic acids is 1. The zero-order chi connectivity index (χ0) is 82.0. The lowest BCUT2D eigenvalue weighted by Gasteiger charge is -2.44. The monoisotopic (exact) mass is 1740 g/mol. The van der Waals surface area contributed by atoms with E-state index in [1.807, 2.05) is 50.4 Å². The lowest BCUT2D eigenvalue weighted by atomic mass is 9.73. The van der Waals surface area contributed by atoms with Crippen LogP contribution in [0, 0.1) is 52.3 Å². The highest BCUT2D eigenvalue weighted by molar-refractivity contribution is 8.04. The van der Waals surface area contributed by atoms with Crippen molar-refractivity contribution < 1.29 is 9.53 Å². The predicted octanol–water partition coefficient (Wildman–Crippen LogP) is 16.0. The molecule has 4 spiro atoms. The van der Waals surface area contributed by atoms with Crippen LogP contribution in [0.5, 0.6) is 5.88 Å². The molecule has 0 radical (unpaired) electrons. The third-order valence-corrected chi connectivity index (χ3v) is 33.6. The van der Waals surface area contributed by atoms with Gasteiger partial charge in [0.25, 0.3) is 16.7 Å². The Morgan fingerprint density at radius 1 is 0.417 bits per heavy atom. The number of ketones is 1. The lowest BCUT2D eigenvalue weighted by molar-refractivity contribution is -0.114. The van der Waals surface area contributed by atoms with E-state index in [0.717, 1.165) is 136 Å². The molecule has 0 bridgehead atoms. The molecule has 8 atom stereocenters. The van der Waals surface area contributed by atoms with Gasteiger partial charge in [-0.3, -0.25) is 37.9 Å². The molecular formula is C84H108Cl5N17O5S4. The normalized spacial score (nSPS) is 24.5. The second kappa shape index (κ2) is 37.0. The number of ether oxygens (including phenoxy) is 1. The largest absolute Gasteiger partial charge is 0.480 e. The minimum Gasteiger partial charge on any atom is -0.480 e. The van der Waals surface area contributed by atoms with E-state index in [0.29, 0.717) is 110 Å². The molecule has 4 saturated carbocycles. The van der Waals surface area contributed by atoms with Crippen molar-refractivity contribution in [3.63, 3.8) is 0 Å². The molecule has 10 heterocycles. The van der Waals surface area contributed by atoms with Crippen LogP contribution in [0.15, 0.2) is 150 Å². The number of hydrogen-bond acceptors (Lipinski definition) is 23. The maximum absolute atomic E-state index is 13.0. The van der Waals surface area contributed by atoms with Crippen molar-refractivity contribution in [3.05, 3.63) is 159 Å².